The first-order valence-electron chi connectivity index (χ1n) is 17.2. The number of piperidine rings is 1. The number of guanidine groups is 1. The van der Waals surface area contributed by atoms with Gasteiger partial charge in [-0.15, -0.1) is 0 Å². The Morgan fingerprint density at radius 2 is 1.60 bits per heavy atom. The van der Waals surface area contributed by atoms with Crippen molar-refractivity contribution in [3.8, 4) is 0 Å². The first kappa shape index (κ1) is 38.1. The van der Waals surface area contributed by atoms with Crippen molar-refractivity contribution in [2.24, 2.45) is 16.6 Å². The molecule has 0 aliphatic carbocycles. The van der Waals surface area contributed by atoms with Crippen molar-refractivity contribution >= 4 is 39.6 Å². The predicted octanol–water partition coefficient (Wildman–Crippen LogP) is 3.21. The summed E-state index contributed by atoms with van der Waals surface area (Å²) in [4.78, 5) is 59.3. The third-order valence-electron chi connectivity index (χ3n) is 9.03. The minimum absolute atomic E-state index is 0.0840. The molecule has 2 fully saturated rings. The van der Waals surface area contributed by atoms with E-state index < -0.39 is 33.9 Å². The summed E-state index contributed by atoms with van der Waals surface area (Å²) in [5, 5.41) is 2.87. The van der Waals surface area contributed by atoms with Crippen LogP contribution in [0.1, 0.15) is 96.5 Å². The van der Waals surface area contributed by atoms with Crippen molar-refractivity contribution in [1.29, 1.82) is 0 Å². The van der Waals surface area contributed by atoms with E-state index in [-0.39, 0.29) is 36.7 Å². The number of likely N-dealkylation sites (tertiary alicyclic amines) is 2. The van der Waals surface area contributed by atoms with Gasteiger partial charge in [-0.05, 0) is 56.4 Å². The molecule has 1 aromatic rings. The topological polar surface area (TPSA) is 163 Å². The van der Waals surface area contributed by atoms with Crippen molar-refractivity contribution in [1.82, 2.24) is 19.4 Å². The maximum atomic E-state index is 14.0. The van der Waals surface area contributed by atoms with Crippen LogP contribution < -0.4 is 11.1 Å². The van der Waals surface area contributed by atoms with Gasteiger partial charge in [0.25, 0.3) is 0 Å². The highest BCUT2D eigenvalue weighted by molar-refractivity contribution is 7.88. The molecule has 0 aromatic heterocycles. The molecule has 2 heterocycles. The van der Waals surface area contributed by atoms with E-state index in [1.165, 1.54) is 9.21 Å². The molecule has 4 amide bonds. The summed E-state index contributed by atoms with van der Waals surface area (Å²) < 4.78 is 28.0. The lowest BCUT2D eigenvalue weighted by Crippen LogP contribution is -2.56. The molecular weight excluding hydrogens is 620 g/mol. The Kier molecular flexibility index (Phi) is 15.3. The van der Waals surface area contributed by atoms with Crippen LogP contribution in [0, 0.1) is 5.92 Å². The van der Waals surface area contributed by atoms with Crippen molar-refractivity contribution in [2.75, 3.05) is 32.4 Å². The first-order chi connectivity index (χ1) is 22.4. The van der Waals surface area contributed by atoms with Crippen LogP contribution in [0.2, 0.25) is 0 Å². The molecular formula is C34H54N6O6S. The van der Waals surface area contributed by atoms with E-state index in [4.69, 9.17) is 5.73 Å². The highest BCUT2D eigenvalue weighted by atomic mass is 32.2. The summed E-state index contributed by atoms with van der Waals surface area (Å²) in [5.41, 5.74) is 6.43. The second kappa shape index (κ2) is 18.9. The lowest BCUT2D eigenvalue weighted by Gasteiger charge is -2.38. The van der Waals surface area contributed by atoms with Gasteiger partial charge in [0.15, 0.2) is 0 Å². The summed E-state index contributed by atoms with van der Waals surface area (Å²) in [5.74, 6) is -1.28. The van der Waals surface area contributed by atoms with Gasteiger partial charge >= 0.3 is 0 Å². The number of hydrogen-bond donors (Lipinski definition) is 2. The van der Waals surface area contributed by atoms with Crippen LogP contribution in [0.4, 0.5) is 0 Å². The van der Waals surface area contributed by atoms with Crippen LogP contribution in [0.5, 0.6) is 0 Å². The van der Waals surface area contributed by atoms with E-state index >= 15 is 0 Å². The molecule has 3 rings (SSSR count). The third-order valence-corrected chi connectivity index (χ3v) is 10.3. The number of amides is 4. The number of nitrogens with two attached hydrogens (primary N) is 1. The number of primary amides is 1. The molecule has 2 atom stereocenters. The van der Waals surface area contributed by atoms with E-state index in [1.807, 2.05) is 35.2 Å². The highest BCUT2D eigenvalue weighted by Gasteiger charge is 2.42. The number of hydrogen-bond acceptors (Lipinski definition) is 6. The molecule has 2 aliphatic rings. The number of nitrogens with one attached hydrogen (secondary N) is 1. The number of nitrogens with zero attached hydrogens (tertiary/aromatic N) is 4. The molecule has 12 nitrogen and oxygen atoms in total. The lowest BCUT2D eigenvalue weighted by atomic mass is 9.95. The van der Waals surface area contributed by atoms with E-state index in [2.05, 4.69) is 24.2 Å². The Morgan fingerprint density at radius 1 is 0.957 bits per heavy atom. The first-order valence-corrected chi connectivity index (χ1v) is 19.1. The SMILES string of the molecule is CCCCCC(=O)N=C(NC(=O)CCCCC)N1CCC(CN([C@H](Cc2ccccc2)C(=O)N2CCC[C@H]2C(N)=O)S(C)(=O)=O)CC1. The van der Waals surface area contributed by atoms with Gasteiger partial charge < -0.3 is 15.5 Å². The average molecular weight is 675 g/mol. The van der Waals surface area contributed by atoms with Gasteiger partial charge in [0.05, 0.1) is 6.26 Å². The van der Waals surface area contributed by atoms with Crippen LogP contribution in [-0.2, 0) is 35.6 Å². The molecule has 262 valence electrons. The molecule has 1 aromatic carbocycles. The average Bonchev–Trinajstić information content (AvgIpc) is 3.53. The number of carbonyl (C=O) groups excluding carboxylic acids is 4. The van der Waals surface area contributed by atoms with Crippen LogP contribution in [0.15, 0.2) is 35.3 Å². The molecule has 13 heteroatoms. The maximum absolute atomic E-state index is 14.0. The summed E-state index contributed by atoms with van der Waals surface area (Å²) in [6, 6.07) is 7.46. The minimum Gasteiger partial charge on any atom is -0.368 e. The molecule has 0 bridgehead atoms. The Bertz CT molecular complexity index is 1330. The molecule has 2 aliphatic heterocycles. The Balaban J connectivity index is 1.79. The van der Waals surface area contributed by atoms with Crippen LogP contribution in [0.3, 0.4) is 0 Å². The summed E-state index contributed by atoms with van der Waals surface area (Å²) in [6.45, 7) is 5.53. The number of sulfonamides is 1. The standard InChI is InChI=1S/C34H54N6O6S/c1-4-6-9-17-30(41)36-34(37-31(42)18-10-7-5-2)38-22-19-27(20-23-38)25-40(47(3,45)46)29(24-26-14-11-8-12-15-26)33(44)39-21-13-16-28(39)32(35)43/h8,11-12,14-15,27-29H,4-7,9-10,13,16-25H2,1-3H3,(H2,35,43)(H,36,37,41,42)/t28-,29+/m0/s1. The number of carbonyl (C=O) groups is 4. The van der Waals surface area contributed by atoms with Gasteiger partial charge in [-0.2, -0.15) is 9.30 Å². The van der Waals surface area contributed by atoms with E-state index in [0.717, 1.165) is 50.3 Å². The summed E-state index contributed by atoms with van der Waals surface area (Å²) >= 11 is 0. The zero-order valence-corrected chi connectivity index (χ0v) is 29.2. The maximum Gasteiger partial charge on any atom is 0.248 e. The van der Waals surface area contributed by atoms with Crippen LogP contribution in [0.25, 0.3) is 0 Å². The summed E-state index contributed by atoms with van der Waals surface area (Å²) in [6.07, 6.45) is 9.48. The van der Waals surface area contributed by atoms with Gasteiger partial charge in [-0.25, -0.2) is 8.42 Å². The Hall–Kier alpha value is -3.32. The molecule has 0 unspecified atom stereocenters. The fourth-order valence-corrected chi connectivity index (χ4v) is 7.45. The number of benzene rings is 1. The number of aliphatic imine (C=N–C) groups is 1. The molecule has 47 heavy (non-hydrogen) atoms. The van der Waals surface area contributed by atoms with Crippen molar-refractivity contribution in [2.45, 2.75) is 109 Å². The number of unbranched alkanes of at least 4 members (excludes halogenated alkanes) is 4. The van der Waals surface area contributed by atoms with Crippen molar-refractivity contribution in [3.63, 3.8) is 0 Å². The molecule has 0 saturated carbocycles. The van der Waals surface area contributed by atoms with Gasteiger partial charge in [0.2, 0.25) is 39.6 Å². The number of rotatable bonds is 16. The molecule has 3 N–H and O–H groups in total. The van der Waals surface area contributed by atoms with Gasteiger partial charge in [0.1, 0.15) is 12.1 Å². The zero-order valence-electron chi connectivity index (χ0n) is 28.4. The fourth-order valence-electron chi connectivity index (χ4n) is 6.34. The zero-order chi connectivity index (χ0) is 34.4. The highest BCUT2D eigenvalue weighted by Crippen LogP contribution is 2.26. The third kappa shape index (κ3) is 12.0. The largest absolute Gasteiger partial charge is 0.368 e. The van der Waals surface area contributed by atoms with Crippen molar-refractivity contribution in [3.05, 3.63) is 35.9 Å². The van der Waals surface area contributed by atoms with Crippen LogP contribution in [-0.4, -0.2) is 96.6 Å². The van der Waals surface area contributed by atoms with Crippen molar-refractivity contribution < 1.29 is 27.6 Å². The molecule has 0 radical (unpaired) electrons. The smallest absolute Gasteiger partial charge is 0.248 e. The monoisotopic (exact) mass is 674 g/mol. The van der Waals surface area contributed by atoms with Gasteiger partial charge in [-0.1, -0.05) is 69.9 Å². The quantitative estimate of drug-likeness (QED) is 0.155. The van der Waals surface area contributed by atoms with E-state index in [9.17, 15) is 27.6 Å². The lowest BCUT2D eigenvalue weighted by molar-refractivity contribution is -0.140. The minimum atomic E-state index is -3.85. The normalized spacial score (nSPS) is 18.4. The van der Waals surface area contributed by atoms with E-state index in [0.29, 0.717) is 58.2 Å². The summed E-state index contributed by atoms with van der Waals surface area (Å²) in [7, 11) is -3.85. The Labute approximate surface area is 280 Å². The predicted molar refractivity (Wildman–Crippen MR) is 183 cm³/mol. The van der Waals surface area contributed by atoms with Gasteiger partial charge in [-0.3, -0.25) is 24.5 Å². The Morgan fingerprint density at radius 3 is 2.19 bits per heavy atom. The fraction of sp³-hybridized carbons (Fsp3) is 0.676. The van der Waals surface area contributed by atoms with E-state index in [1.54, 1.807) is 0 Å². The molecule has 2 saturated heterocycles. The van der Waals surface area contributed by atoms with Gasteiger partial charge in [0, 0.05) is 39.0 Å². The van der Waals surface area contributed by atoms with Crippen LogP contribution >= 0.6 is 0 Å². The molecule has 0 spiro atoms. The second-order valence-electron chi connectivity index (χ2n) is 12.9. The second-order valence-corrected chi connectivity index (χ2v) is 14.8.